The van der Waals surface area contributed by atoms with E-state index in [1.165, 1.54) is 12.1 Å². The lowest BCUT2D eigenvalue weighted by Gasteiger charge is -2.22. The summed E-state index contributed by atoms with van der Waals surface area (Å²) in [6.45, 7) is 0.588. The molecule has 1 aliphatic carbocycles. The minimum Gasteiger partial charge on any atom is -0.331 e. The van der Waals surface area contributed by atoms with Gasteiger partial charge in [-0.25, -0.2) is 8.42 Å². The van der Waals surface area contributed by atoms with Crippen LogP contribution in [0, 0.1) is 0 Å². The summed E-state index contributed by atoms with van der Waals surface area (Å²) >= 11 is 1.63. The molecule has 0 atom stereocenters. The number of carbonyl (C=O) groups excluding carboxylic acids is 1. The predicted octanol–water partition coefficient (Wildman–Crippen LogP) is 2.96. The molecule has 0 N–H and O–H groups in total. The third-order valence-corrected chi connectivity index (χ3v) is 5.64. The van der Waals surface area contributed by atoms with Gasteiger partial charge >= 0.3 is 0 Å². The maximum atomic E-state index is 12.8. The smallest absolute Gasteiger partial charge is 0.254 e. The first kappa shape index (κ1) is 15.2. The van der Waals surface area contributed by atoms with Gasteiger partial charge in [0.25, 0.3) is 5.91 Å². The summed E-state index contributed by atoms with van der Waals surface area (Å²) in [5, 5.41) is 2.00. The van der Waals surface area contributed by atoms with E-state index in [1.54, 1.807) is 23.5 Å². The number of amides is 1. The van der Waals surface area contributed by atoms with Gasteiger partial charge in [0.2, 0.25) is 0 Å². The maximum Gasteiger partial charge on any atom is 0.254 e. The van der Waals surface area contributed by atoms with Crippen LogP contribution in [0.15, 0.2) is 46.7 Å². The molecule has 1 aromatic carbocycles. The van der Waals surface area contributed by atoms with Gasteiger partial charge in [0.1, 0.15) is 0 Å². The Bertz CT molecular complexity index is 777. The van der Waals surface area contributed by atoms with Crippen LogP contribution < -0.4 is 0 Å². The predicted molar refractivity (Wildman–Crippen MR) is 86.8 cm³/mol. The van der Waals surface area contributed by atoms with E-state index in [0.717, 1.165) is 24.0 Å². The fourth-order valence-electron chi connectivity index (χ4n) is 2.35. The van der Waals surface area contributed by atoms with Gasteiger partial charge in [-0.1, -0.05) is 12.1 Å². The molecule has 0 spiro atoms. The zero-order chi connectivity index (χ0) is 15.7. The van der Waals surface area contributed by atoms with Crippen LogP contribution in [0.5, 0.6) is 0 Å². The number of nitrogens with zero attached hydrogens (tertiary/aromatic N) is 1. The Kier molecular flexibility index (Phi) is 4.06. The average molecular weight is 335 g/mol. The largest absolute Gasteiger partial charge is 0.331 e. The zero-order valence-electron chi connectivity index (χ0n) is 12.2. The van der Waals surface area contributed by atoms with Gasteiger partial charge < -0.3 is 4.90 Å². The van der Waals surface area contributed by atoms with E-state index >= 15 is 0 Å². The average Bonchev–Trinajstić information content (AvgIpc) is 3.20. The molecule has 1 amide bonds. The third-order valence-electron chi connectivity index (χ3n) is 3.66. The molecule has 0 saturated heterocycles. The molecule has 116 valence electrons. The van der Waals surface area contributed by atoms with E-state index in [0.29, 0.717) is 12.1 Å². The molecule has 0 aliphatic heterocycles. The van der Waals surface area contributed by atoms with Gasteiger partial charge in [-0.05, 0) is 42.5 Å². The van der Waals surface area contributed by atoms with Crippen LogP contribution in [-0.4, -0.2) is 31.5 Å². The first-order chi connectivity index (χ1) is 10.4. The minimum atomic E-state index is -3.31. The zero-order valence-corrected chi connectivity index (χ0v) is 13.9. The molecule has 6 heteroatoms. The highest BCUT2D eigenvalue weighted by Crippen LogP contribution is 2.31. The molecule has 0 bridgehead atoms. The van der Waals surface area contributed by atoms with Crippen LogP contribution in [-0.2, 0) is 16.4 Å². The van der Waals surface area contributed by atoms with Crippen molar-refractivity contribution in [3.8, 4) is 0 Å². The molecular formula is C16H17NO3S2. The molecule has 1 aromatic heterocycles. The highest BCUT2D eigenvalue weighted by atomic mass is 32.2. The lowest BCUT2D eigenvalue weighted by atomic mass is 10.2. The van der Waals surface area contributed by atoms with E-state index in [9.17, 15) is 13.2 Å². The van der Waals surface area contributed by atoms with E-state index in [1.807, 2.05) is 22.4 Å². The number of thiophene rings is 1. The SMILES string of the molecule is CS(=O)(=O)c1cccc(C(=O)N(Cc2cccs2)C2CC2)c1. The number of benzene rings is 1. The van der Waals surface area contributed by atoms with Gasteiger partial charge in [0, 0.05) is 22.7 Å². The molecule has 1 fully saturated rings. The van der Waals surface area contributed by atoms with Crippen molar-refractivity contribution in [2.24, 2.45) is 0 Å². The lowest BCUT2D eigenvalue weighted by molar-refractivity contribution is 0.0731. The van der Waals surface area contributed by atoms with Crippen LogP contribution in [0.25, 0.3) is 0 Å². The van der Waals surface area contributed by atoms with Crippen molar-refractivity contribution in [2.45, 2.75) is 30.3 Å². The molecule has 3 rings (SSSR count). The van der Waals surface area contributed by atoms with Crippen LogP contribution in [0.2, 0.25) is 0 Å². The van der Waals surface area contributed by atoms with Crippen molar-refractivity contribution in [2.75, 3.05) is 6.26 Å². The molecule has 22 heavy (non-hydrogen) atoms. The van der Waals surface area contributed by atoms with Crippen LogP contribution in [0.4, 0.5) is 0 Å². The number of hydrogen-bond acceptors (Lipinski definition) is 4. The Morgan fingerprint density at radius 1 is 1.27 bits per heavy atom. The molecule has 1 aliphatic rings. The van der Waals surface area contributed by atoms with E-state index in [-0.39, 0.29) is 16.8 Å². The first-order valence-electron chi connectivity index (χ1n) is 7.08. The van der Waals surface area contributed by atoms with E-state index in [2.05, 4.69) is 0 Å². The summed E-state index contributed by atoms with van der Waals surface area (Å²) in [4.78, 5) is 15.9. The van der Waals surface area contributed by atoms with Crippen molar-refractivity contribution in [1.29, 1.82) is 0 Å². The quantitative estimate of drug-likeness (QED) is 0.844. The number of sulfone groups is 1. The first-order valence-corrected chi connectivity index (χ1v) is 9.86. The molecule has 4 nitrogen and oxygen atoms in total. The van der Waals surface area contributed by atoms with Gasteiger partial charge in [-0.3, -0.25) is 4.79 Å². The topological polar surface area (TPSA) is 54.5 Å². The van der Waals surface area contributed by atoms with Gasteiger partial charge in [0.05, 0.1) is 11.4 Å². The molecule has 1 heterocycles. The highest BCUT2D eigenvalue weighted by Gasteiger charge is 2.33. The van der Waals surface area contributed by atoms with Crippen LogP contribution >= 0.6 is 11.3 Å². The Hall–Kier alpha value is -1.66. The number of rotatable bonds is 5. The summed E-state index contributed by atoms with van der Waals surface area (Å²) in [7, 11) is -3.31. The summed E-state index contributed by atoms with van der Waals surface area (Å²) < 4.78 is 23.3. The fourth-order valence-corrected chi connectivity index (χ4v) is 3.72. The van der Waals surface area contributed by atoms with Crippen molar-refractivity contribution < 1.29 is 13.2 Å². The molecule has 1 saturated carbocycles. The van der Waals surface area contributed by atoms with Gasteiger partial charge in [0.15, 0.2) is 9.84 Å². The summed E-state index contributed by atoms with van der Waals surface area (Å²) in [5.41, 5.74) is 0.436. The Balaban J connectivity index is 1.87. The van der Waals surface area contributed by atoms with Crippen LogP contribution in [0.3, 0.4) is 0 Å². The Morgan fingerprint density at radius 2 is 2.05 bits per heavy atom. The third kappa shape index (κ3) is 3.39. The monoisotopic (exact) mass is 335 g/mol. The minimum absolute atomic E-state index is 0.0959. The van der Waals surface area contributed by atoms with Gasteiger partial charge in [-0.2, -0.15) is 0 Å². The standard InChI is InChI=1S/C16H17NO3S2/c1-22(19,20)15-6-2-4-12(10-15)16(18)17(13-7-8-13)11-14-5-3-9-21-14/h2-6,9-10,13H,7-8,11H2,1H3. The summed E-state index contributed by atoms with van der Waals surface area (Å²) in [6.07, 6.45) is 3.19. The second-order valence-electron chi connectivity index (χ2n) is 5.54. The molecule has 0 radical (unpaired) electrons. The number of hydrogen-bond donors (Lipinski definition) is 0. The number of carbonyl (C=O) groups is 1. The van der Waals surface area contributed by atoms with Crippen molar-refractivity contribution in [3.63, 3.8) is 0 Å². The molecule has 0 unspecified atom stereocenters. The second kappa shape index (κ2) is 5.85. The van der Waals surface area contributed by atoms with Crippen LogP contribution in [0.1, 0.15) is 28.1 Å². The molecule has 2 aromatic rings. The molecular weight excluding hydrogens is 318 g/mol. The van der Waals surface area contributed by atoms with Crippen molar-refractivity contribution in [1.82, 2.24) is 4.90 Å². The van der Waals surface area contributed by atoms with Gasteiger partial charge in [-0.15, -0.1) is 11.3 Å². The van der Waals surface area contributed by atoms with E-state index in [4.69, 9.17) is 0 Å². The van der Waals surface area contributed by atoms with Crippen molar-refractivity contribution in [3.05, 3.63) is 52.2 Å². The normalized spacial score (nSPS) is 14.8. The second-order valence-corrected chi connectivity index (χ2v) is 8.59. The Morgan fingerprint density at radius 3 is 2.64 bits per heavy atom. The summed E-state index contributed by atoms with van der Waals surface area (Å²) in [6, 6.07) is 10.6. The Labute approximate surface area is 134 Å². The van der Waals surface area contributed by atoms with E-state index < -0.39 is 9.84 Å². The lowest BCUT2D eigenvalue weighted by Crippen LogP contribution is -2.32. The fraction of sp³-hybridized carbons (Fsp3) is 0.312. The highest BCUT2D eigenvalue weighted by molar-refractivity contribution is 7.90. The maximum absolute atomic E-state index is 12.8. The van der Waals surface area contributed by atoms with Crippen molar-refractivity contribution >= 4 is 27.1 Å². The summed E-state index contributed by atoms with van der Waals surface area (Å²) in [5.74, 6) is -0.0959.